The van der Waals surface area contributed by atoms with E-state index in [4.69, 9.17) is 4.74 Å². The van der Waals surface area contributed by atoms with Gasteiger partial charge in [-0.1, -0.05) is 19.3 Å². The summed E-state index contributed by atoms with van der Waals surface area (Å²) in [4.78, 5) is 2.65. The molecule has 6 heteroatoms. The minimum absolute atomic E-state index is 0.222. The van der Waals surface area contributed by atoms with Crippen molar-refractivity contribution in [2.75, 3.05) is 38.2 Å². The molecule has 0 spiro atoms. The number of piperazine rings is 1. The molecule has 3 rings (SSSR count). The third-order valence-electron chi connectivity index (χ3n) is 4.93. The molecule has 1 saturated heterocycles. The van der Waals surface area contributed by atoms with Gasteiger partial charge in [0, 0.05) is 26.2 Å². The highest BCUT2D eigenvalue weighted by molar-refractivity contribution is 7.92. The van der Waals surface area contributed by atoms with Crippen molar-refractivity contribution in [3.05, 3.63) is 18.2 Å². The predicted octanol–water partition coefficient (Wildman–Crippen LogP) is 2.21. The van der Waals surface area contributed by atoms with E-state index in [1.807, 2.05) is 6.07 Å². The van der Waals surface area contributed by atoms with Crippen molar-refractivity contribution < 1.29 is 13.2 Å². The van der Waals surface area contributed by atoms with Gasteiger partial charge in [0.05, 0.1) is 22.9 Å². The normalized spacial score (nSPS) is 20.5. The van der Waals surface area contributed by atoms with E-state index in [1.165, 1.54) is 0 Å². The Morgan fingerprint density at radius 3 is 2.48 bits per heavy atom. The maximum atomic E-state index is 13.0. The highest BCUT2D eigenvalue weighted by Crippen LogP contribution is 2.35. The Bertz CT molecular complexity index is 633. The largest absolute Gasteiger partial charge is 0.495 e. The molecule has 2 fully saturated rings. The lowest BCUT2D eigenvalue weighted by Gasteiger charge is -2.31. The molecule has 1 aromatic rings. The second-order valence-corrected chi connectivity index (χ2v) is 8.60. The Morgan fingerprint density at radius 1 is 1.13 bits per heavy atom. The molecule has 1 saturated carbocycles. The van der Waals surface area contributed by atoms with E-state index in [2.05, 4.69) is 10.2 Å². The topological polar surface area (TPSA) is 58.6 Å². The van der Waals surface area contributed by atoms with Crippen LogP contribution >= 0.6 is 0 Å². The molecule has 0 aromatic heterocycles. The molecule has 0 bridgehead atoms. The first-order valence-electron chi connectivity index (χ1n) is 8.50. The highest BCUT2D eigenvalue weighted by Gasteiger charge is 2.30. The molecule has 2 aliphatic rings. The molecule has 0 radical (unpaired) electrons. The SMILES string of the molecule is COc1ccc(S(=O)(=O)C2CCCCC2)cc1N1CCNCC1. The molecule has 128 valence electrons. The molecule has 0 atom stereocenters. The summed E-state index contributed by atoms with van der Waals surface area (Å²) in [6.07, 6.45) is 4.77. The quantitative estimate of drug-likeness (QED) is 0.912. The van der Waals surface area contributed by atoms with Crippen LogP contribution in [-0.4, -0.2) is 47.0 Å². The molecule has 1 aliphatic carbocycles. The fourth-order valence-electron chi connectivity index (χ4n) is 3.57. The summed E-state index contributed by atoms with van der Waals surface area (Å²) in [5.74, 6) is 0.745. The van der Waals surface area contributed by atoms with E-state index in [0.29, 0.717) is 4.90 Å². The Balaban J connectivity index is 1.93. The molecule has 5 nitrogen and oxygen atoms in total. The van der Waals surface area contributed by atoms with Gasteiger partial charge in [-0.25, -0.2) is 8.42 Å². The van der Waals surface area contributed by atoms with Gasteiger partial charge in [0.1, 0.15) is 5.75 Å². The summed E-state index contributed by atoms with van der Waals surface area (Å²) < 4.78 is 31.4. The van der Waals surface area contributed by atoms with Crippen LogP contribution in [0.2, 0.25) is 0 Å². The number of nitrogens with zero attached hydrogens (tertiary/aromatic N) is 1. The van der Waals surface area contributed by atoms with Crippen LogP contribution in [0.4, 0.5) is 5.69 Å². The van der Waals surface area contributed by atoms with Gasteiger partial charge in [-0.3, -0.25) is 0 Å². The van der Waals surface area contributed by atoms with Crippen LogP contribution in [0.15, 0.2) is 23.1 Å². The number of sulfone groups is 1. The van der Waals surface area contributed by atoms with Crippen LogP contribution in [0.5, 0.6) is 5.75 Å². The lowest BCUT2D eigenvalue weighted by Crippen LogP contribution is -2.43. The fourth-order valence-corrected chi connectivity index (χ4v) is 5.44. The first-order chi connectivity index (χ1) is 11.1. The van der Waals surface area contributed by atoms with Gasteiger partial charge < -0.3 is 15.0 Å². The van der Waals surface area contributed by atoms with E-state index in [1.54, 1.807) is 19.2 Å². The number of nitrogens with one attached hydrogen (secondary N) is 1. The maximum absolute atomic E-state index is 13.0. The van der Waals surface area contributed by atoms with E-state index in [9.17, 15) is 8.42 Å². The Morgan fingerprint density at radius 2 is 1.83 bits per heavy atom. The second-order valence-electron chi connectivity index (χ2n) is 6.38. The average Bonchev–Trinajstić information content (AvgIpc) is 2.62. The van der Waals surface area contributed by atoms with Gasteiger partial charge in [0.15, 0.2) is 9.84 Å². The van der Waals surface area contributed by atoms with Crippen LogP contribution in [0.1, 0.15) is 32.1 Å². The smallest absolute Gasteiger partial charge is 0.181 e. The zero-order valence-electron chi connectivity index (χ0n) is 13.8. The summed E-state index contributed by atoms with van der Waals surface area (Å²) in [7, 11) is -1.61. The van der Waals surface area contributed by atoms with Gasteiger partial charge in [0.2, 0.25) is 0 Å². The molecule has 1 heterocycles. The van der Waals surface area contributed by atoms with Crippen molar-refractivity contribution >= 4 is 15.5 Å². The lowest BCUT2D eigenvalue weighted by atomic mass is 10.0. The first kappa shape index (κ1) is 16.6. The number of benzene rings is 1. The Kier molecular flexibility index (Phi) is 5.11. The average molecular weight is 338 g/mol. The maximum Gasteiger partial charge on any atom is 0.181 e. The number of hydrogen-bond donors (Lipinski definition) is 1. The lowest BCUT2D eigenvalue weighted by molar-refractivity contribution is 0.412. The van der Waals surface area contributed by atoms with Gasteiger partial charge in [-0.2, -0.15) is 0 Å². The van der Waals surface area contributed by atoms with E-state index >= 15 is 0 Å². The van der Waals surface area contributed by atoms with Crippen LogP contribution in [0, 0.1) is 0 Å². The summed E-state index contributed by atoms with van der Waals surface area (Å²) in [5.41, 5.74) is 0.894. The van der Waals surface area contributed by atoms with Crippen molar-refractivity contribution in [2.45, 2.75) is 42.2 Å². The summed E-state index contributed by atoms with van der Waals surface area (Å²) in [5, 5.41) is 3.10. The van der Waals surface area contributed by atoms with E-state index in [-0.39, 0.29) is 5.25 Å². The Hall–Kier alpha value is -1.27. The van der Waals surface area contributed by atoms with E-state index < -0.39 is 9.84 Å². The summed E-state index contributed by atoms with van der Waals surface area (Å²) >= 11 is 0. The number of rotatable bonds is 4. The standard InChI is InChI=1S/C17H26N2O3S/c1-22-17-8-7-15(13-16(17)19-11-9-18-10-12-19)23(20,21)14-5-3-2-4-6-14/h7-8,13-14,18H,2-6,9-12H2,1H3. The number of anilines is 1. The highest BCUT2D eigenvalue weighted by atomic mass is 32.2. The van der Waals surface area contributed by atoms with Crippen LogP contribution < -0.4 is 15.0 Å². The molecule has 1 aromatic carbocycles. The zero-order valence-corrected chi connectivity index (χ0v) is 14.6. The summed E-state index contributed by atoms with van der Waals surface area (Å²) in [6, 6.07) is 5.32. The molecule has 23 heavy (non-hydrogen) atoms. The zero-order chi connectivity index (χ0) is 16.3. The monoisotopic (exact) mass is 338 g/mol. The first-order valence-corrected chi connectivity index (χ1v) is 10.0. The van der Waals surface area contributed by atoms with Crippen molar-refractivity contribution in [1.29, 1.82) is 0 Å². The van der Waals surface area contributed by atoms with Crippen LogP contribution in [-0.2, 0) is 9.84 Å². The van der Waals surface area contributed by atoms with Crippen molar-refractivity contribution in [3.63, 3.8) is 0 Å². The molecule has 1 N–H and O–H groups in total. The van der Waals surface area contributed by atoms with Crippen molar-refractivity contribution in [2.24, 2.45) is 0 Å². The van der Waals surface area contributed by atoms with Gasteiger partial charge in [-0.05, 0) is 31.0 Å². The van der Waals surface area contributed by atoms with Crippen LogP contribution in [0.3, 0.4) is 0 Å². The number of hydrogen-bond acceptors (Lipinski definition) is 5. The van der Waals surface area contributed by atoms with Gasteiger partial charge in [-0.15, -0.1) is 0 Å². The molecule has 1 aliphatic heterocycles. The van der Waals surface area contributed by atoms with Gasteiger partial charge in [0.25, 0.3) is 0 Å². The molecular weight excluding hydrogens is 312 g/mol. The van der Waals surface area contributed by atoms with Crippen molar-refractivity contribution in [1.82, 2.24) is 5.32 Å². The van der Waals surface area contributed by atoms with Gasteiger partial charge >= 0.3 is 0 Å². The number of methoxy groups -OCH3 is 1. The molecule has 0 unspecified atom stereocenters. The third kappa shape index (κ3) is 3.48. The Labute approximate surface area is 138 Å². The number of ether oxygens (including phenoxy) is 1. The minimum atomic E-state index is -3.25. The van der Waals surface area contributed by atoms with Crippen LogP contribution in [0.25, 0.3) is 0 Å². The predicted molar refractivity (Wildman–Crippen MR) is 92.1 cm³/mol. The van der Waals surface area contributed by atoms with Crippen molar-refractivity contribution in [3.8, 4) is 5.75 Å². The summed E-state index contributed by atoms with van der Waals surface area (Å²) in [6.45, 7) is 3.54. The molecule has 0 amide bonds. The van der Waals surface area contributed by atoms with E-state index in [0.717, 1.165) is 69.7 Å². The fraction of sp³-hybridized carbons (Fsp3) is 0.647. The third-order valence-corrected chi connectivity index (χ3v) is 7.19. The minimum Gasteiger partial charge on any atom is -0.495 e. The molecular formula is C17H26N2O3S. The second kappa shape index (κ2) is 7.09.